The van der Waals surface area contributed by atoms with E-state index in [4.69, 9.17) is 4.74 Å². The van der Waals surface area contributed by atoms with Crippen LogP contribution in [-0.4, -0.2) is 19.0 Å². The average molecular weight is 405 g/mol. The predicted octanol–water partition coefficient (Wildman–Crippen LogP) is 3.98. The molecule has 3 N–H and O–H groups in total. The number of anilines is 1. The molecule has 3 rings (SSSR count). The van der Waals surface area contributed by atoms with Gasteiger partial charge in [-0.15, -0.1) is 0 Å². The number of benzene rings is 2. The molecule has 2 aromatic rings. The Labute approximate surface area is 164 Å². The predicted molar refractivity (Wildman–Crippen MR) is 100 cm³/mol. The van der Waals surface area contributed by atoms with Gasteiger partial charge in [0.15, 0.2) is 0 Å². The highest BCUT2D eigenvalue weighted by Gasteiger charge is 2.35. The zero-order valence-corrected chi connectivity index (χ0v) is 15.6. The molecule has 0 saturated carbocycles. The molecule has 1 aliphatic rings. The number of amides is 3. The maximum Gasteiger partial charge on any atom is 0.418 e. The molecule has 0 aliphatic carbocycles. The van der Waals surface area contributed by atoms with Crippen molar-refractivity contribution < 1.29 is 27.5 Å². The number of ether oxygens (including phenoxy) is 1. The van der Waals surface area contributed by atoms with Gasteiger partial charge >= 0.3 is 12.2 Å². The summed E-state index contributed by atoms with van der Waals surface area (Å²) < 4.78 is 44.9. The van der Waals surface area contributed by atoms with Crippen LogP contribution in [0.15, 0.2) is 59.8 Å². The van der Waals surface area contributed by atoms with Gasteiger partial charge in [-0.05, 0) is 36.8 Å². The van der Waals surface area contributed by atoms with E-state index in [1.165, 1.54) is 32.2 Å². The second-order valence-electron chi connectivity index (χ2n) is 6.34. The van der Waals surface area contributed by atoms with Crippen molar-refractivity contribution in [3.8, 4) is 5.75 Å². The number of hydrogen-bond donors (Lipinski definition) is 3. The molecule has 2 aromatic carbocycles. The van der Waals surface area contributed by atoms with Gasteiger partial charge < -0.3 is 20.7 Å². The van der Waals surface area contributed by atoms with Crippen molar-refractivity contribution in [1.29, 1.82) is 0 Å². The first-order valence-electron chi connectivity index (χ1n) is 8.60. The van der Waals surface area contributed by atoms with Crippen molar-refractivity contribution in [2.24, 2.45) is 0 Å². The molecule has 29 heavy (non-hydrogen) atoms. The number of allylic oxidation sites excluding steroid dienone is 1. The number of rotatable bonds is 4. The fourth-order valence-electron chi connectivity index (χ4n) is 3.09. The normalized spacial score (nSPS) is 16.7. The molecule has 0 saturated heterocycles. The third kappa shape index (κ3) is 4.34. The van der Waals surface area contributed by atoms with Gasteiger partial charge in [0, 0.05) is 5.70 Å². The average Bonchev–Trinajstić information content (AvgIpc) is 2.67. The van der Waals surface area contributed by atoms with E-state index in [1.807, 2.05) is 0 Å². The Kier molecular flexibility index (Phi) is 5.49. The Morgan fingerprint density at radius 2 is 1.86 bits per heavy atom. The molecule has 0 bridgehead atoms. The second kappa shape index (κ2) is 7.86. The number of halogens is 3. The van der Waals surface area contributed by atoms with Crippen LogP contribution in [0.3, 0.4) is 0 Å². The number of hydrogen-bond acceptors (Lipinski definition) is 3. The molecule has 1 atom stereocenters. The minimum Gasteiger partial charge on any atom is -0.497 e. The largest absolute Gasteiger partial charge is 0.497 e. The van der Waals surface area contributed by atoms with Gasteiger partial charge in [0.05, 0.1) is 30.0 Å². The van der Waals surface area contributed by atoms with Gasteiger partial charge in [-0.3, -0.25) is 4.79 Å². The minimum absolute atomic E-state index is 0.0924. The summed E-state index contributed by atoms with van der Waals surface area (Å²) in [5, 5.41) is 7.43. The van der Waals surface area contributed by atoms with Crippen LogP contribution < -0.4 is 20.7 Å². The summed E-state index contributed by atoms with van der Waals surface area (Å²) in [4.78, 5) is 24.9. The van der Waals surface area contributed by atoms with Crippen LogP contribution in [0, 0.1) is 0 Å². The van der Waals surface area contributed by atoms with Crippen LogP contribution >= 0.6 is 0 Å². The van der Waals surface area contributed by atoms with E-state index in [0.29, 0.717) is 11.3 Å². The number of methoxy groups -OCH3 is 1. The molecule has 6 nitrogen and oxygen atoms in total. The third-order valence-electron chi connectivity index (χ3n) is 4.42. The van der Waals surface area contributed by atoms with E-state index >= 15 is 0 Å². The second-order valence-corrected chi connectivity index (χ2v) is 6.34. The topological polar surface area (TPSA) is 79.5 Å². The summed E-state index contributed by atoms with van der Waals surface area (Å²) >= 11 is 0. The molecule has 1 aliphatic heterocycles. The molecule has 0 aromatic heterocycles. The van der Waals surface area contributed by atoms with Gasteiger partial charge in [0.1, 0.15) is 5.75 Å². The first kappa shape index (κ1) is 20.2. The zero-order chi connectivity index (χ0) is 21.2. The van der Waals surface area contributed by atoms with Crippen LogP contribution in [0.25, 0.3) is 0 Å². The first-order chi connectivity index (χ1) is 13.7. The highest BCUT2D eigenvalue weighted by molar-refractivity contribution is 6.07. The van der Waals surface area contributed by atoms with Gasteiger partial charge in [0.25, 0.3) is 5.91 Å². The monoisotopic (exact) mass is 405 g/mol. The molecule has 3 amide bonds. The Balaban J connectivity index is 1.99. The Morgan fingerprint density at radius 1 is 1.14 bits per heavy atom. The summed E-state index contributed by atoms with van der Waals surface area (Å²) in [6, 6.07) is 10.0. The fraction of sp³-hybridized carbons (Fsp3) is 0.200. The third-order valence-corrected chi connectivity index (χ3v) is 4.42. The first-order valence-corrected chi connectivity index (χ1v) is 8.60. The number of carbonyl (C=O) groups excluding carboxylic acids is 2. The number of nitrogens with one attached hydrogen (secondary N) is 3. The SMILES string of the molecule is COc1cccc([C@H]2NC(=O)NC(C)=C2C(=O)Nc2ccccc2C(F)(F)F)c1. The lowest BCUT2D eigenvalue weighted by molar-refractivity contribution is -0.137. The molecule has 0 radical (unpaired) electrons. The van der Waals surface area contributed by atoms with Crippen molar-refractivity contribution in [3.63, 3.8) is 0 Å². The van der Waals surface area contributed by atoms with Crippen molar-refractivity contribution in [3.05, 3.63) is 70.9 Å². The van der Waals surface area contributed by atoms with Gasteiger partial charge in [-0.1, -0.05) is 24.3 Å². The van der Waals surface area contributed by atoms with E-state index in [1.54, 1.807) is 24.3 Å². The van der Waals surface area contributed by atoms with E-state index in [9.17, 15) is 22.8 Å². The highest BCUT2D eigenvalue weighted by Crippen LogP contribution is 2.36. The van der Waals surface area contributed by atoms with Crippen LogP contribution in [0.4, 0.5) is 23.7 Å². The number of para-hydroxylation sites is 1. The van der Waals surface area contributed by atoms with Gasteiger partial charge in [-0.2, -0.15) is 13.2 Å². The minimum atomic E-state index is -4.63. The number of carbonyl (C=O) groups is 2. The molecule has 0 spiro atoms. The summed E-state index contributed by atoms with van der Waals surface area (Å²) in [7, 11) is 1.48. The Morgan fingerprint density at radius 3 is 2.55 bits per heavy atom. The van der Waals surface area contributed by atoms with Crippen molar-refractivity contribution in [1.82, 2.24) is 10.6 Å². The van der Waals surface area contributed by atoms with Crippen LogP contribution in [-0.2, 0) is 11.0 Å². The summed E-state index contributed by atoms with van der Waals surface area (Å²) in [6.45, 7) is 1.51. The van der Waals surface area contributed by atoms with Crippen molar-refractivity contribution in [2.45, 2.75) is 19.1 Å². The summed E-state index contributed by atoms with van der Waals surface area (Å²) in [6.07, 6.45) is -4.63. The van der Waals surface area contributed by atoms with Crippen molar-refractivity contribution >= 4 is 17.6 Å². The van der Waals surface area contributed by atoms with E-state index in [2.05, 4.69) is 16.0 Å². The lowest BCUT2D eigenvalue weighted by Crippen LogP contribution is -2.46. The maximum atomic E-state index is 13.2. The van der Waals surface area contributed by atoms with E-state index in [0.717, 1.165) is 6.07 Å². The molecule has 1 heterocycles. The highest BCUT2D eigenvalue weighted by atomic mass is 19.4. The molecule has 0 fully saturated rings. The van der Waals surface area contributed by atoms with Crippen LogP contribution in [0.5, 0.6) is 5.75 Å². The fourth-order valence-corrected chi connectivity index (χ4v) is 3.09. The smallest absolute Gasteiger partial charge is 0.418 e. The van der Waals surface area contributed by atoms with E-state index in [-0.39, 0.29) is 17.0 Å². The van der Waals surface area contributed by atoms with Gasteiger partial charge in [0.2, 0.25) is 0 Å². The Hall–Kier alpha value is -3.49. The standard InChI is InChI=1S/C20H18F3N3O3/c1-11-16(18(27)25-15-9-4-3-8-14(15)20(21,22)23)17(26-19(28)24-11)12-6-5-7-13(10-12)29-2/h3-10,17H,1-2H3,(H,25,27)(H2,24,26,28)/t17-/m1/s1. The molecular weight excluding hydrogens is 387 g/mol. The molecule has 9 heteroatoms. The van der Waals surface area contributed by atoms with Crippen molar-refractivity contribution in [2.75, 3.05) is 12.4 Å². The van der Waals surface area contributed by atoms with Crippen LogP contribution in [0.2, 0.25) is 0 Å². The van der Waals surface area contributed by atoms with E-state index < -0.39 is 29.7 Å². The maximum absolute atomic E-state index is 13.2. The number of alkyl halides is 3. The van der Waals surface area contributed by atoms with Crippen LogP contribution in [0.1, 0.15) is 24.1 Å². The number of urea groups is 1. The summed E-state index contributed by atoms with van der Waals surface area (Å²) in [5.41, 5.74) is -0.449. The van der Waals surface area contributed by atoms with Gasteiger partial charge in [-0.25, -0.2) is 4.79 Å². The zero-order valence-electron chi connectivity index (χ0n) is 15.6. The lowest BCUT2D eigenvalue weighted by atomic mass is 9.94. The quantitative estimate of drug-likeness (QED) is 0.720. The molecule has 152 valence electrons. The summed E-state index contributed by atoms with van der Waals surface area (Å²) in [5.74, 6) is -0.255. The lowest BCUT2D eigenvalue weighted by Gasteiger charge is -2.29. The molecular formula is C20H18F3N3O3. The molecule has 0 unspecified atom stereocenters. The Bertz CT molecular complexity index is 986.